The number of esters is 4. The van der Waals surface area contributed by atoms with Crippen molar-refractivity contribution in [3.8, 4) is 0 Å². The summed E-state index contributed by atoms with van der Waals surface area (Å²) in [4.78, 5) is 73.0. The molecule has 0 aromatic carbocycles. The van der Waals surface area contributed by atoms with Crippen LogP contribution < -0.4 is 0 Å². The van der Waals surface area contributed by atoms with Crippen LogP contribution in [0.25, 0.3) is 0 Å². The smallest absolute Gasteiger partial charge is 0.462 e. The zero-order valence-electron chi connectivity index (χ0n) is 65.7. The highest BCUT2D eigenvalue weighted by Gasteiger charge is 2.30. The highest BCUT2D eigenvalue weighted by Crippen LogP contribution is 2.45. The van der Waals surface area contributed by atoms with Gasteiger partial charge in [0.05, 0.1) is 26.4 Å². The molecule has 0 fully saturated rings. The second-order valence-corrected chi connectivity index (χ2v) is 31.6. The normalized spacial score (nSPS) is 14.4. The van der Waals surface area contributed by atoms with E-state index in [0.29, 0.717) is 25.7 Å². The molecule has 17 nitrogen and oxygen atoms in total. The number of carbonyl (C=O) groups is 4. The molecular weight excluding hydrogens is 1330 g/mol. The number of hydrogen-bond donors (Lipinski definition) is 3. The molecule has 6 atom stereocenters. The van der Waals surface area contributed by atoms with Crippen molar-refractivity contribution >= 4 is 39.5 Å². The quantitative estimate of drug-likeness (QED) is 0.0169. The summed E-state index contributed by atoms with van der Waals surface area (Å²) in [7, 11) is -9.94. The zero-order valence-corrected chi connectivity index (χ0v) is 67.5. The number of hydrogen-bond acceptors (Lipinski definition) is 15. The molecular formula is C83H154O17P2. The molecule has 0 aliphatic rings. The van der Waals surface area contributed by atoms with Crippen molar-refractivity contribution in [2.75, 3.05) is 39.6 Å². The number of ether oxygens (including phenoxy) is 4. The Kier molecular flexibility index (Phi) is 72.7. The second-order valence-electron chi connectivity index (χ2n) is 28.7. The van der Waals surface area contributed by atoms with Crippen molar-refractivity contribution in [3.05, 3.63) is 48.6 Å². The fourth-order valence-corrected chi connectivity index (χ4v) is 13.4. The van der Waals surface area contributed by atoms with Gasteiger partial charge in [0, 0.05) is 25.7 Å². The van der Waals surface area contributed by atoms with Gasteiger partial charge < -0.3 is 33.8 Å². The molecule has 0 amide bonds. The van der Waals surface area contributed by atoms with Gasteiger partial charge in [-0.15, -0.1) is 0 Å². The molecule has 3 N–H and O–H groups in total. The van der Waals surface area contributed by atoms with Crippen molar-refractivity contribution in [1.29, 1.82) is 0 Å². The molecule has 19 heteroatoms. The standard InChI is InChI=1S/C83H154O17P2/c1-6-10-13-16-19-22-25-27-33-38-42-47-52-57-62-67-81(86)94-73-79(100-83(88)69-64-59-54-49-44-40-36-32-30-29-31-35-37-41-45-50-55-60-65-76(5)9-4)75-98-102(91,92)96-71-77(84)70-95-101(89,90)97-74-78(72-93-80(85)66-61-56-51-46-24-21-18-15-12-8-3)99-82(87)68-63-58-53-48-43-39-34-28-26-23-20-17-14-11-7-2/h22-23,25-28,33-34,76-79,84H,6-21,24,29-32,35-75H2,1-5H3,(H,89,90)(H,91,92)/b25-22-,26-23-,33-27-,34-28-/t76?,77-,78+,79+/m0/s1. The maximum atomic E-state index is 13.1. The van der Waals surface area contributed by atoms with Gasteiger partial charge in [0.25, 0.3) is 0 Å². The Bertz CT molecular complexity index is 2140. The summed E-state index contributed by atoms with van der Waals surface area (Å²) in [6, 6.07) is 0. The van der Waals surface area contributed by atoms with Gasteiger partial charge in [0.15, 0.2) is 12.2 Å². The van der Waals surface area contributed by atoms with Gasteiger partial charge in [-0.25, -0.2) is 9.13 Å². The molecule has 0 saturated carbocycles. The molecule has 102 heavy (non-hydrogen) atoms. The lowest BCUT2D eigenvalue weighted by atomic mass is 9.99. The number of phosphoric acid groups is 2. The Balaban J connectivity index is 5.27. The van der Waals surface area contributed by atoms with Gasteiger partial charge in [-0.2, -0.15) is 0 Å². The fraction of sp³-hybridized carbons (Fsp3) is 0.855. The van der Waals surface area contributed by atoms with E-state index in [-0.39, 0.29) is 25.7 Å². The molecule has 3 unspecified atom stereocenters. The highest BCUT2D eigenvalue weighted by molar-refractivity contribution is 7.47. The van der Waals surface area contributed by atoms with Crippen LogP contribution in [0.5, 0.6) is 0 Å². The van der Waals surface area contributed by atoms with E-state index in [1.54, 1.807) is 0 Å². The molecule has 0 aromatic rings. The average Bonchev–Trinajstić information content (AvgIpc) is 0.921. The maximum absolute atomic E-state index is 13.1. The number of phosphoric ester groups is 2. The van der Waals surface area contributed by atoms with E-state index in [0.717, 1.165) is 128 Å². The molecule has 0 saturated heterocycles. The van der Waals surface area contributed by atoms with Crippen LogP contribution in [0.2, 0.25) is 0 Å². The van der Waals surface area contributed by atoms with E-state index >= 15 is 0 Å². The van der Waals surface area contributed by atoms with Crippen LogP contribution in [0.4, 0.5) is 0 Å². The Labute approximate surface area is 623 Å². The van der Waals surface area contributed by atoms with Crippen molar-refractivity contribution in [2.45, 2.75) is 412 Å². The summed E-state index contributed by atoms with van der Waals surface area (Å²) in [6.45, 7) is 7.26. The number of carbonyl (C=O) groups excluding carboxylic acids is 4. The SMILES string of the molecule is CCCCCC/C=C\C=C/CCCCCCCC(=O)OC[C@H](COP(=O)(O)OC[C@@H](O)COP(=O)(O)OC[C@@H](COC(=O)CCCCCCCCCCCC)OC(=O)CCCCCCC/C=C\C=C/CCCCCC)OC(=O)CCCCCCCCCCCCCCCCCCCCC(C)CC. The molecule has 0 bridgehead atoms. The summed E-state index contributed by atoms with van der Waals surface area (Å²) in [5.74, 6) is -1.30. The third kappa shape index (κ3) is 73.9. The van der Waals surface area contributed by atoms with Gasteiger partial charge in [-0.05, 0) is 83.0 Å². The minimum Gasteiger partial charge on any atom is -0.462 e. The van der Waals surface area contributed by atoms with E-state index in [4.69, 9.17) is 37.0 Å². The number of aliphatic hydroxyl groups is 1. The third-order valence-corrected chi connectivity index (χ3v) is 20.5. The minimum absolute atomic E-state index is 0.0831. The maximum Gasteiger partial charge on any atom is 0.472 e. The molecule has 0 aliphatic carbocycles. The number of unbranched alkanes of at least 4 members (excludes halogenated alkanes) is 44. The molecule has 0 aromatic heterocycles. The molecule has 0 radical (unpaired) electrons. The molecule has 0 spiro atoms. The van der Waals surface area contributed by atoms with Gasteiger partial charge in [-0.1, -0.05) is 340 Å². The monoisotopic (exact) mass is 1490 g/mol. The van der Waals surface area contributed by atoms with Crippen molar-refractivity contribution < 1.29 is 80.2 Å². The minimum atomic E-state index is -4.97. The first kappa shape index (κ1) is 99.0. The van der Waals surface area contributed by atoms with Crippen LogP contribution in [0.15, 0.2) is 48.6 Å². The summed E-state index contributed by atoms with van der Waals surface area (Å²) in [6.07, 6.45) is 72.3. The summed E-state index contributed by atoms with van der Waals surface area (Å²) >= 11 is 0. The van der Waals surface area contributed by atoms with Gasteiger partial charge in [-0.3, -0.25) is 37.3 Å². The predicted molar refractivity (Wildman–Crippen MR) is 418 cm³/mol. The van der Waals surface area contributed by atoms with Gasteiger partial charge >= 0.3 is 39.5 Å². The molecule has 598 valence electrons. The van der Waals surface area contributed by atoms with Crippen LogP contribution in [0.3, 0.4) is 0 Å². The van der Waals surface area contributed by atoms with E-state index in [2.05, 4.69) is 83.2 Å². The topological polar surface area (TPSA) is 237 Å². The Morgan fingerprint density at radius 2 is 0.549 bits per heavy atom. The van der Waals surface area contributed by atoms with Crippen molar-refractivity contribution in [2.24, 2.45) is 5.92 Å². The molecule has 0 heterocycles. The number of allylic oxidation sites excluding steroid dienone is 8. The Hall–Kier alpha value is -2.98. The van der Waals surface area contributed by atoms with Crippen molar-refractivity contribution in [1.82, 2.24) is 0 Å². The first-order chi connectivity index (χ1) is 49.6. The average molecular weight is 1490 g/mol. The number of rotatable bonds is 79. The van der Waals surface area contributed by atoms with E-state index in [1.165, 1.54) is 186 Å². The molecule has 0 rings (SSSR count). The van der Waals surface area contributed by atoms with Crippen LogP contribution in [-0.2, 0) is 65.4 Å². The lowest BCUT2D eigenvalue weighted by Gasteiger charge is -2.21. The lowest BCUT2D eigenvalue weighted by Crippen LogP contribution is -2.30. The van der Waals surface area contributed by atoms with Crippen LogP contribution >= 0.6 is 15.6 Å². The van der Waals surface area contributed by atoms with Crippen LogP contribution in [-0.4, -0.2) is 96.7 Å². The number of aliphatic hydroxyl groups excluding tert-OH is 1. The van der Waals surface area contributed by atoms with E-state index in [1.807, 2.05) is 0 Å². The summed E-state index contributed by atoms with van der Waals surface area (Å²) < 4.78 is 68.6. The Morgan fingerprint density at radius 3 is 0.833 bits per heavy atom. The van der Waals surface area contributed by atoms with E-state index in [9.17, 15) is 43.2 Å². The Morgan fingerprint density at radius 1 is 0.314 bits per heavy atom. The van der Waals surface area contributed by atoms with Crippen molar-refractivity contribution in [3.63, 3.8) is 0 Å². The largest absolute Gasteiger partial charge is 0.472 e. The fourth-order valence-electron chi connectivity index (χ4n) is 11.8. The van der Waals surface area contributed by atoms with Crippen LogP contribution in [0.1, 0.15) is 394 Å². The second kappa shape index (κ2) is 74.9. The van der Waals surface area contributed by atoms with Crippen LogP contribution in [0, 0.1) is 5.92 Å². The first-order valence-electron chi connectivity index (χ1n) is 41.8. The lowest BCUT2D eigenvalue weighted by molar-refractivity contribution is -0.161. The summed E-state index contributed by atoms with van der Waals surface area (Å²) in [5.41, 5.74) is 0. The highest BCUT2D eigenvalue weighted by atomic mass is 31.2. The first-order valence-corrected chi connectivity index (χ1v) is 44.8. The molecule has 0 aliphatic heterocycles. The van der Waals surface area contributed by atoms with Gasteiger partial charge in [0.1, 0.15) is 19.3 Å². The predicted octanol–water partition coefficient (Wildman–Crippen LogP) is 24.3. The zero-order chi connectivity index (χ0) is 74.8. The van der Waals surface area contributed by atoms with Gasteiger partial charge in [0.2, 0.25) is 0 Å². The van der Waals surface area contributed by atoms with E-state index < -0.39 is 97.5 Å². The third-order valence-electron chi connectivity index (χ3n) is 18.6. The summed E-state index contributed by atoms with van der Waals surface area (Å²) in [5, 5.41) is 10.6.